The van der Waals surface area contributed by atoms with Gasteiger partial charge in [0.25, 0.3) is 0 Å². The fourth-order valence-electron chi connectivity index (χ4n) is 2.14. The Kier molecular flexibility index (Phi) is 3.27. The minimum Gasteiger partial charge on any atom is -0.459 e. The zero-order valence-electron chi connectivity index (χ0n) is 10.1. The second-order valence-electron chi connectivity index (χ2n) is 4.20. The smallest absolute Gasteiger partial charge is 0.198 e. The number of halogens is 2. The molecule has 3 aromatic rings. The summed E-state index contributed by atoms with van der Waals surface area (Å²) >= 11 is 12.0. The molecule has 0 amide bonds. The first kappa shape index (κ1) is 12.6. The first-order valence-electron chi connectivity index (χ1n) is 5.78. The Labute approximate surface area is 120 Å². The zero-order chi connectivity index (χ0) is 13.4. The molecule has 0 aliphatic heterocycles. The molecule has 3 nitrogen and oxygen atoms in total. The number of hydrogen-bond acceptors (Lipinski definition) is 3. The van der Waals surface area contributed by atoms with Crippen LogP contribution in [0.5, 0.6) is 0 Å². The lowest BCUT2D eigenvalue weighted by atomic mass is 10.1. The van der Waals surface area contributed by atoms with Gasteiger partial charge in [-0.2, -0.15) is 0 Å². The number of furan rings is 2. The number of hydrogen-bond donors (Lipinski definition) is 1. The molecular weight excluding hydrogens is 285 g/mol. The summed E-state index contributed by atoms with van der Waals surface area (Å²) in [5.74, 6) is 0.767. The molecule has 0 bridgehead atoms. The third kappa shape index (κ3) is 2.25. The van der Waals surface area contributed by atoms with E-state index in [4.69, 9.17) is 32.0 Å². The Balaban J connectivity index is 2.09. The van der Waals surface area contributed by atoms with Crippen LogP contribution in [-0.4, -0.2) is 7.05 Å². The Bertz CT molecular complexity index is 717. The molecule has 1 N–H and O–H groups in total. The van der Waals surface area contributed by atoms with Crippen molar-refractivity contribution in [2.75, 3.05) is 7.05 Å². The van der Waals surface area contributed by atoms with Gasteiger partial charge < -0.3 is 14.2 Å². The fourth-order valence-corrected chi connectivity index (χ4v) is 2.54. The van der Waals surface area contributed by atoms with Crippen LogP contribution in [0.2, 0.25) is 10.2 Å². The van der Waals surface area contributed by atoms with Crippen LogP contribution in [0.3, 0.4) is 0 Å². The molecule has 0 radical (unpaired) electrons. The first-order chi connectivity index (χ1) is 9.19. The van der Waals surface area contributed by atoms with Gasteiger partial charge in [0.15, 0.2) is 5.22 Å². The summed E-state index contributed by atoms with van der Waals surface area (Å²) in [7, 11) is 1.84. The van der Waals surface area contributed by atoms with Crippen molar-refractivity contribution in [3.05, 3.63) is 58.2 Å². The van der Waals surface area contributed by atoms with E-state index < -0.39 is 0 Å². The molecule has 5 heteroatoms. The number of rotatable bonds is 3. The summed E-state index contributed by atoms with van der Waals surface area (Å²) in [4.78, 5) is 0. The Morgan fingerprint density at radius 1 is 1.16 bits per heavy atom. The van der Waals surface area contributed by atoms with Crippen molar-refractivity contribution in [3.63, 3.8) is 0 Å². The molecule has 0 fully saturated rings. The quantitative estimate of drug-likeness (QED) is 0.765. The van der Waals surface area contributed by atoms with Crippen molar-refractivity contribution in [2.45, 2.75) is 6.04 Å². The van der Waals surface area contributed by atoms with E-state index >= 15 is 0 Å². The van der Waals surface area contributed by atoms with E-state index in [-0.39, 0.29) is 6.04 Å². The maximum atomic E-state index is 6.02. The van der Waals surface area contributed by atoms with Crippen LogP contribution in [0.25, 0.3) is 11.0 Å². The van der Waals surface area contributed by atoms with Crippen molar-refractivity contribution in [1.29, 1.82) is 0 Å². The lowest BCUT2D eigenvalue weighted by Gasteiger charge is -2.11. The van der Waals surface area contributed by atoms with Gasteiger partial charge in [0.05, 0.1) is 12.3 Å². The van der Waals surface area contributed by atoms with Crippen LogP contribution in [0.15, 0.2) is 45.4 Å². The average Bonchev–Trinajstić information content (AvgIpc) is 2.97. The highest BCUT2D eigenvalue weighted by Gasteiger charge is 2.21. The number of benzene rings is 1. The Morgan fingerprint density at radius 3 is 2.68 bits per heavy atom. The van der Waals surface area contributed by atoms with Gasteiger partial charge in [0.2, 0.25) is 0 Å². The second-order valence-corrected chi connectivity index (χ2v) is 4.98. The minimum atomic E-state index is -0.155. The standard InChI is InChI=1S/C14H11Cl2NO2/c1-17-13(10-4-5-18-14(10)16)12-7-8-6-9(15)2-3-11(8)19-12/h2-7,13,17H,1H3. The maximum Gasteiger partial charge on any atom is 0.198 e. The molecule has 1 atom stereocenters. The van der Waals surface area contributed by atoms with Crippen LogP contribution < -0.4 is 5.32 Å². The van der Waals surface area contributed by atoms with Crippen molar-refractivity contribution >= 4 is 34.2 Å². The lowest BCUT2D eigenvalue weighted by molar-refractivity contribution is 0.486. The normalized spacial score (nSPS) is 13.0. The molecule has 0 spiro atoms. The van der Waals surface area contributed by atoms with Crippen LogP contribution >= 0.6 is 23.2 Å². The van der Waals surface area contributed by atoms with Crippen molar-refractivity contribution < 1.29 is 8.83 Å². The molecule has 3 rings (SSSR count). The predicted octanol–water partition coefficient (Wildman–Crippen LogP) is 4.64. The molecule has 0 aliphatic carbocycles. The van der Waals surface area contributed by atoms with E-state index in [1.165, 1.54) is 0 Å². The highest BCUT2D eigenvalue weighted by atomic mass is 35.5. The SMILES string of the molecule is CNC(c1cc2cc(Cl)ccc2o1)c1ccoc1Cl. The van der Waals surface area contributed by atoms with E-state index in [1.54, 1.807) is 12.3 Å². The van der Waals surface area contributed by atoms with E-state index in [2.05, 4.69) is 5.32 Å². The molecule has 1 aromatic carbocycles. The van der Waals surface area contributed by atoms with Gasteiger partial charge in [0, 0.05) is 16.0 Å². The van der Waals surface area contributed by atoms with Gasteiger partial charge in [-0.15, -0.1) is 0 Å². The number of fused-ring (bicyclic) bond motifs is 1. The van der Waals surface area contributed by atoms with Gasteiger partial charge >= 0.3 is 0 Å². The van der Waals surface area contributed by atoms with E-state index in [9.17, 15) is 0 Å². The molecule has 0 saturated carbocycles. The first-order valence-corrected chi connectivity index (χ1v) is 6.54. The zero-order valence-corrected chi connectivity index (χ0v) is 11.6. The van der Waals surface area contributed by atoms with Gasteiger partial charge in [-0.05, 0) is 49.0 Å². The van der Waals surface area contributed by atoms with Gasteiger partial charge in [-0.1, -0.05) is 11.6 Å². The monoisotopic (exact) mass is 295 g/mol. The largest absolute Gasteiger partial charge is 0.459 e. The molecule has 19 heavy (non-hydrogen) atoms. The average molecular weight is 296 g/mol. The molecule has 2 heterocycles. The van der Waals surface area contributed by atoms with Crippen molar-refractivity contribution in [2.24, 2.45) is 0 Å². The molecular formula is C14H11Cl2NO2. The van der Waals surface area contributed by atoms with E-state index in [0.29, 0.717) is 10.2 Å². The topological polar surface area (TPSA) is 38.3 Å². The summed E-state index contributed by atoms with van der Waals surface area (Å²) in [6.45, 7) is 0. The molecule has 2 aromatic heterocycles. The highest BCUT2D eigenvalue weighted by molar-refractivity contribution is 6.31. The van der Waals surface area contributed by atoms with Crippen LogP contribution in [0.4, 0.5) is 0 Å². The van der Waals surface area contributed by atoms with E-state index in [0.717, 1.165) is 22.3 Å². The van der Waals surface area contributed by atoms with Gasteiger partial charge in [0.1, 0.15) is 11.3 Å². The van der Waals surface area contributed by atoms with Crippen LogP contribution in [0.1, 0.15) is 17.4 Å². The Hall–Kier alpha value is -1.42. The molecule has 0 saturated heterocycles. The highest BCUT2D eigenvalue weighted by Crippen LogP contribution is 2.33. The summed E-state index contributed by atoms with van der Waals surface area (Å²) < 4.78 is 11.0. The summed E-state index contributed by atoms with van der Waals surface area (Å²) in [5, 5.41) is 5.17. The molecule has 0 aliphatic rings. The maximum absolute atomic E-state index is 6.02. The third-order valence-electron chi connectivity index (χ3n) is 3.03. The van der Waals surface area contributed by atoms with Gasteiger partial charge in [-0.3, -0.25) is 0 Å². The van der Waals surface area contributed by atoms with E-state index in [1.807, 2.05) is 31.3 Å². The minimum absolute atomic E-state index is 0.155. The van der Waals surface area contributed by atoms with Gasteiger partial charge in [-0.25, -0.2) is 0 Å². The Morgan fingerprint density at radius 2 is 2.00 bits per heavy atom. The van der Waals surface area contributed by atoms with Crippen molar-refractivity contribution in [1.82, 2.24) is 5.32 Å². The summed E-state index contributed by atoms with van der Waals surface area (Å²) in [5.41, 5.74) is 1.63. The summed E-state index contributed by atoms with van der Waals surface area (Å²) in [6, 6.07) is 9.14. The van der Waals surface area contributed by atoms with Crippen LogP contribution in [-0.2, 0) is 0 Å². The van der Waals surface area contributed by atoms with Crippen molar-refractivity contribution in [3.8, 4) is 0 Å². The molecule has 1 unspecified atom stereocenters. The third-order valence-corrected chi connectivity index (χ3v) is 3.57. The second kappa shape index (κ2) is 4.93. The number of nitrogens with one attached hydrogen (secondary N) is 1. The fraction of sp³-hybridized carbons (Fsp3) is 0.143. The van der Waals surface area contributed by atoms with Crippen LogP contribution in [0, 0.1) is 0 Å². The molecule has 98 valence electrons. The lowest BCUT2D eigenvalue weighted by Crippen LogP contribution is -2.16. The summed E-state index contributed by atoms with van der Waals surface area (Å²) in [6.07, 6.45) is 1.56. The predicted molar refractivity (Wildman–Crippen MR) is 75.8 cm³/mol.